The molecule has 1 fully saturated rings. The van der Waals surface area contributed by atoms with Crippen LogP contribution in [0.4, 0.5) is 0 Å². The summed E-state index contributed by atoms with van der Waals surface area (Å²) in [7, 11) is 0. The Morgan fingerprint density at radius 3 is 3.06 bits per heavy atom. The fourth-order valence-electron chi connectivity index (χ4n) is 3.14. The molecule has 2 heteroatoms. The van der Waals surface area contributed by atoms with E-state index in [1.165, 1.54) is 58.0 Å². The minimum absolute atomic E-state index is 0.898. The fourth-order valence-corrected chi connectivity index (χ4v) is 4.30. The van der Waals surface area contributed by atoms with Crippen molar-refractivity contribution in [1.82, 2.24) is 5.32 Å². The van der Waals surface area contributed by atoms with Crippen molar-refractivity contribution < 1.29 is 0 Å². The van der Waals surface area contributed by atoms with Crippen molar-refractivity contribution in [3.8, 4) is 0 Å². The average Bonchev–Trinajstić information content (AvgIpc) is 2.74. The highest BCUT2D eigenvalue weighted by Crippen LogP contribution is 2.32. The van der Waals surface area contributed by atoms with E-state index in [0.29, 0.717) is 0 Å². The zero-order chi connectivity index (χ0) is 10.8. The molecule has 0 amide bonds. The van der Waals surface area contributed by atoms with E-state index >= 15 is 0 Å². The second-order valence-electron chi connectivity index (χ2n) is 5.29. The zero-order valence-corrected chi connectivity index (χ0v) is 10.7. The Morgan fingerprint density at radius 2 is 2.19 bits per heavy atom. The minimum atomic E-state index is 0.898. The summed E-state index contributed by atoms with van der Waals surface area (Å²) in [5, 5.41) is 5.98. The first-order valence-corrected chi connectivity index (χ1v) is 7.60. The first-order chi connectivity index (χ1) is 7.93. The lowest BCUT2D eigenvalue weighted by atomic mass is 9.88. The first kappa shape index (κ1) is 10.8. The molecule has 0 bridgehead atoms. The van der Waals surface area contributed by atoms with Crippen LogP contribution >= 0.6 is 11.3 Å². The van der Waals surface area contributed by atoms with Crippen LogP contribution in [0.1, 0.15) is 41.7 Å². The quantitative estimate of drug-likeness (QED) is 0.830. The van der Waals surface area contributed by atoms with Gasteiger partial charge in [0.05, 0.1) is 0 Å². The van der Waals surface area contributed by atoms with Gasteiger partial charge in [-0.2, -0.15) is 0 Å². The summed E-state index contributed by atoms with van der Waals surface area (Å²) in [6.45, 7) is 2.48. The van der Waals surface area contributed by atoms with E-state index in [0.717, 1.165) is 5.92 Å². The maximum atomic E-state index is 3.53. The van der Waals surface area contributed by atoms with Crippen LogP contribution in [0.3, 0.4) is 0 Å². The van der Waals surface area contributed by atoms with E-state index in [2.05, 4.69) is 10.7 Å². The third-order valence-electron chi connectivity index (χ3n) is 4.06. The predicted octanol–water partition coefficient (Wildman–Crippen LogP) is 3.17. The lowest BCUT2D eigenvalue weighted by Gasteiger charge is -2.23. The molecule has 1 unspecified atom stereocenters. The van der Waals surface area contributed by atoms with E-state index in [-0.39, 0.29) is 0 Å². The van der Waals surface area contributed by atoms with Crippen molar-refractivity contribution in [1.29, 1.82) is 0 Å². The maximum Gasteiger partial charge on any atom is 0.00800 e. The summed E-state index contributed by atoms with van der Waals surface area (Å²) < 4.78 is 0. The standard InChI is InChI=1S/C14H21NS/c1-2-6-14-13(5-1)12(10-16-14)8-11-4-3-7-15-9-11/h10-11,15H,1-9H2. The third kappa shape index (κ3) is 2.18. The zero-order valence-electron chi connectivity index (χ0n) is 9.93. The van der Waals surface area contributed by atoms with Crippen LogP contribution in [0.2, 0.25) is 0 Å². The molecule has 16 heavy (non-hydrogen) atoms. The highest BCUT2D eigenvalue weighted by atomic mass is 32.1. The fraction of sp³-hybridized carbons (Fsp3) is 0.714. The number of aryl methyl sites for hydroxylation is 1. The van der Waals surface area contributed by atoms with Crippen molar-refractivity contribution in [2.24, 2.45) is 5.92 Å². The molecule has 1 aromatic heterocycles. The van der Waals surface area contributed by atoms with Gasteiger partial charge in [0, 0.05) is 4.88 Å². The number of rotatable bonds is 2. The van der Waals surface area contributed by atoms with E-state index < -0.39 is 0 Å². The van der Waals surface area contributed by atoms with Crippen molar-refractivity contribution in [3.05, 3.63) is 21.4 Å². The van der Waals surface area contributed by atoms with Crippen molar-refractivity contribution in [2.45, 2.75) is 44.9 Å². The smallest absolute Gasteiger partial charge is 0.00800 e. The van der Waals surface area contributed by atoms with Gasteiger partial charge in [-0.3, -0.25) is 0 Å². The predicted molar refractivity (Wildman–Crippen MR) is 70.3 cm³/mol. The van der Waals surface area contributed by atoms with Gasteiger partial charge in [-0.1, -0.05) is 0 Å². The van der Waals surface area contributed by atoms with Gasteiger partial charge in [-0.15, -0.1) is 11.3 Å². The molecule has 1 N–H and O–H groups in total. The highest BCUT2D eigenvalue weighted by Gasteiger charge is 2.19. The number of fused-ring (bicyclic) bond motifs is 1. The Morgan fingerprint density at radius 1 is 1.25 bits per heavy atom. The Kier molecular flexibility index (Phi) is 3.30. The SMILES string of the molecule is c1sc2c(c1CC1CCCNC1)CCCC2. The lowest BCUT2D eigenvalue weighted by Crippen LogP contribution is -2.31. The molecule has 1 atom stereocenters. The number of hydrogen-bond acceptors (Lipinski definition) is 2. The summed E-state index contributed by atoms with van der Waals surface area (Å²) in [5.41, 5.74) is 3.43. The molecule has 3 rings (SSSR count). The number of piperidine rings is 1. The molecule has 1 saturated heterocycles. The molecule has 0 saturated carbocycles. The van der Waals surface area contributed by atoms with E-state index in [4.69, 9.17) is 0 Å². The number of nitrogens with one attached hydrogen (secondary N) is 1. The molecule has 2 heterocycles. The van der Waals surface area contributed by atoms with E-state index in [1.807, 2.05) is 11.3 Å². The largest absolute Gasteiger partial charge is 0.316 e. The second-order valence-corrected chi connectivity index (χ2v) is 6.25. The summed E-state index contributed by atoms with van der Waals surface area (Å²) in [5.74, 6) is 0.898. The Labute approximate surface area is 102 Å². The van der Waals surface area contributed by atoms with Crippen LogP contribution in [0, 0.1) is 5.92 Å². The van der Waals surface area contributed by atoms with Gasteiger partial charge in [0.2, 0.25) is 0 Å². The monoisotopic (exact) mass is 235 g/mol. The van der Waals surface area contributed by atoms with E-state index in [1.54, 1.807) is 16.0 Å². The molecule has 1 aliphatic carbocycles. The molecule has 0 spiro atoms. The maximum absolute atomic E-state index is 3.53. The van der Waals surface area contributed by atoms with Crippen LogP contribution in [0.25, 0.3) is 0 Å². The van der Waals surface area contributed by atoms with Crippen LogP contribution < -0.4 is 5.32 Å². The van der Waals surface area contributed by atoms with E-state index in [9.17, 15) is 0 Å². The summed E-state index contributed by atoms with van der Waals surface area (Å²) >= 11 is 2.02. The van der Waals surface area contributed by atoms with Gasteiger partial charge in [-0.05, 0) is 80.5 Å². The minimum Gasteiger partial charge on any atom is -0.316 e. The molecule has 0 aromatic carbocycles. The summed E-state index contributed by atoms with van der Waals surface area (Å²) in [6, 6.07) is 0. The lowest BCUT2D eigenvalue weighted by molar-refractivity contribution is 0.375. The molecule has 1 aliphatic heterocycles. The van der Waals surface area contributed by atoms with Crippen LogP contribution in [0.15, 0.2) is 5.38 Å². The summed E-state index contributed by atoms with van der Waals surface area (Å²) in [6.07, 6.45) is 9.67. The van der Waals surface area contributed by atoms with Crippen LogP contribution in [-0.4, -0.2) is 13.1 Å². The number of hydrogen-bond donors (Lipinski definition) is 1. The Bertz CT molecular complexity index is 350. The van der Waals surface area contributed by atoms with Crippen LogP contribution in [-0.2, 0) is 19.3 Å². The van der Waals surface area contributed by atoms with Gasteiger partial charge in [0.1, 0.15) is 0 Å². The first-order valence-electron chi connectivity index (χ1n) is 6.72. The average molecular weight is 235 g/mol. The molecular weight excluding hydrogens is 214 g/mol. The molecular formula is C14H21NS. The normalized spacial score (nSPS) is 25.4. The van der Waals surface area contributed by atoms with Crippen molar-refractivity contribution in [2.75, 3.05) is 13.1 Å². The Balaban J connectivity index is 1.71. The molecule has 1 nitrogen and oxygen atoms in total. The third-order valence-corrected chi connectivity index (χ3v) is 5.19. The van der Waals surface area contributed by atoms with Crippen LogP contribution in [0.5, 0.6) is 0 Å². The molecule has 2 aliphatic rings. The van der Waals surface area contributed by atoms with Crippen molar-refractivity contribution >= 4 is 11.3 Å². The van der Waals surface area contributed by atoms with Crippen molar-refractivity contribution in [3.63, 3.8) is 0 Å². The Hall–Kier alpha value is -0.340. The topological polar surface area (TPSA) is 12.0 Å². The van der Waals surface area contributed by atoms with Gasteiger partial charge in [0.25, 0.3) is 0 Å². The summed E-state index contributed by atoms with van der Waals surface area (Å²) in [4.78, 5) is 1.70. The van der Waals surface area contributed by atoms with Gasteiger partial charge >= 0.3 is 0 Å². The molecule has 1 aromatic rings. The number of thiophene rings is 1. The second kappa shape index (κ2) is 4.89. The van der Waals surface area contributed by atoms with Gasteiger partial charge < -0.3 is 5.32 Å². The molecule has 0 radical (unpaired) electrons. The van der Waals surface area contributed by atoms with Gasteiger partial charge in [0.15, 0.2) is 0 Å². The molecule has 88 valence electrons. The van der Waals surface area contributed by atoms with Gasteiger partial charge in [-0.25, -0.2) is 0 Å². The highest BCUT2D eigenvalue weighted by molar-refractivity contribution is 7.10.